The highest BCUT2D eigenvalue weighted by atomic mass is 16.5. The van der Waals surface area contributed by atoms with Gasteiger partial charge in [0.25, 0.3) is 5.89 Å². The van der Waals surface area contributed by atoms with Crippen molar-refractivity contribution in [1.29, 1.82) is 0 Å². The molecule has 6 nitrogen and oxygen atoms in total. The van der Waals surface area contributed by atoms with E-state index >= 15 is 0 Å². The van der Waals surface area contributed by atoms with Gasteiger partial charge < -0.3 is 9.15 Å². The number of aryl methyl sites for hydroxylation is 2. The number of nitrogens with zero attached hydrogens (tertiary/aromatic N) is 4. The van der Waals surface area contributed by atoms with Gasteiger partial charge in [0.05, 0.1) is 19.2 Å². The van der Waals surface area contributed by atoms with E-state index in [0.29, 0.717) is 18.2 Å². The summed E-state index contributed by atoms with van der Waals surface area (Å²) in [5.41, 5.74) is 2.83. The number of aromatic nitrogens is 4. The molecular formula is C15H16N4O2. The standard InChI is InChI=1S/C15H16N4O2/c1-10-8-13(19(2)18-10)15-17-16-14(21-15)9-11-4-6-12(20-3)7-5-11/h4-8H,9H2,1-3H3. The Balaban J connectivity index is 1.80. The predicted molar refractivity (Wildman–Crippen MR) is 77.0 cm³/mol. The van der Waals surface area contributed by atoms with Gasteiger partial charge in [-0.1, -0.05) is 12.1 Å². The van der Waals surface area contributed by atoms with Crippen LogP contribution < -0.4 is 4.74 Å². The zero-order valence-electron chi connectivity index (χ0n) is 12.2. The zero-order valence-corrected chi connectivity index (χ0v) is 12.2. The molecule has 0 aliphatic carbocycles. The summed E-state index contributed by atoms with van der Waals surface area (Å²) in [7, 11) is 3.50. The van der Waals surface area contributed by atoms with Crippen LogP contribution >= 0.6 is 0 Å². The molecule has 0 fully saturated rings. The Bertz CT molecular complexity index is 743. The van der Waals surface area contributed by atoms with Crippen molar-refractivity contribution < 1.29 is 9.15 Å². The van der Waals surface area contributed by atoms with E-state index in [1.165, 1.54) is 0 Å². The SMILES string of the molecule is COc1ccc(Cc2nnc(-c3cc(C)nn3C)o2)cc1. The molecule has 108 valence electrons. The van der Waals surface area contributed by atoms with Crippen LogP contribution in [0.5, 0.6) is 5.75 Å². The highest BCUT2D eigenvalue weighted by molar-refractivity contribution is 5.47. The monoisotopic (exact) mass is 284 g/mol. The van der Waals surface area contributed by atoms with Crippen LogP contribution in [0.25, 0.3) is 11.6 Å². The first kappa shape index (κ1) is 13.4. The lowest BCUT2D eigenvalue weighted by atomic mass is 10.1. The molecule has 0 aliphatic heterocycles. The van der Waals surface area contributed by atoms with Crippen molar-refractivity contribution in [2.24, 2.45) is 7.05 Å². The molecule has 0 spiro atoms. The van der Waals surface area contributed by atoms with E-state index in [2.05, 4.69) is 15.3 Å². The maximum Gasteiger partial charge on any atom is 0.265 e. The number of rotatable bonds is 4. The largest absolute Gasteiger partial charge is 0.497 e. The predicted octanol–water partition coefficient (Wildman–Crippen LogP) is 2.38. The number of benzene rings is 1. The van der Waals surface area contributed by atoms with E-state index in [9.17, 15) is 0 Å². The molecule has 0 saturated carbocycles. The summed E-state index contributed by atoms with van der Waals surface area (Å²) < 4.78 is 12.6. The molecule has 0 unspecified atom stereocenters. The molecule has 0 bridgehead atoms. The van der Waals surface area contributed by atoms with Crippen LogP contribution in [0.1, 0.15) is 17.1 Å². The molecule has 0 atom stereocenters. The molecule has 0 saturated heterocycles. The minimum Gasteiger partial charge on any atom is -0.497 e. The third-order valence-electron chi connectivity index (χ3n) is 3.20. The lowest BCUT2D eigenvalue weighted by molar-refractivity contribution is 0.414. The first-order valence-corrected chi connectivity index (χ1v) is 6.62. The molecule has 2 heterocycles. The van der Waals surface area contributed by atoms with Gasteiger partial charge >= 0.3 is 0 Å². The van der Waals surface area contributed by atoms with Crippen LogP contribution in [0.3, 0.4) is 0 Å². The van der Waals surface area contributed by atoms with Crippen molar-refractivity contribution >= 4 is 0 Å². The van der Waals surface area contributed by atoms with Crippen molar-refractivity contribution in [2.45, 2.75) is 13.3 Å². The Morgan fingerprint density at radius 2 is 1.95 bits per heavy atom. The first-order valence-electron chi connectivity index (χ1n) is 6.62. The Morgan fingerprint density at radius 1 is 1.19 bits per heavy atom. The van der Waals surface area contributed by atoms with Crippen molar-refractivity contribution in [1.82, 2.24) is 20.0 Å². The highest BCUT2D eigenvalue weighted by Crippen LogP contribution is 2.20. The van der Waals surface area contributed by atoms with E-state index in [-0.39, 0.29) is 0 Å². The molecule has 0 N–H and O–H groups in total. The van der Waals surface area contributed by atoms with Crippen LogP contribution in [0.4, 0.5) is 0 Å². The van der Waals surface area contributed by atoms with Gasteiger partial charge in [0, 0.05) is 7.05 Å². The quantitative estimate of drug-likeness (QED) is 0.736. The van der Waals surface area contributed by atoms with E-state index in [1.807, 2.05) is 44.3 Å². The fraction of sp³-hybridized carbons (Fsp3) is 0.267. The number of methoxy groups -OCH3 is 1. The van der Waals surface area contributed by atoms with Crippen LogP contribution in [0.2, 0.25) is 0 Å². The van der Waals surface area contributed by atoms with Crippen LogP contribution in [0, 0.1) is 6.92 Å². The summed E-state index contributed by atoms with van der Waals surface area (Å²) in [6, 6.07) is 9.71. The molecule has 0 amide bonds. The van der Waals surface area contributed by atoms with Crippen molar-refractivity contribution in [2.75, 3.05) is 7.11 Å². The first-order chi connectivity index (χ1) is 10.2. The molecule has 3 aromatic rings. The molecule has 21 heavy (non-hydrogen) atoms. The molecule has 1 aromatic carbocycles. The number of hydrogen-bond donors (Lipinski definition) is 0. The second kappa shape index (κ2) is 5.40. The molecule has 6 heteroatoms. The van der Waals surface area contributed by atoms with Crippen molar-refractivity contribution in [3.05, 3.63) is 47.5 Å². The molecular weight excluding hydrogens is 268 g/mol. The Hall–Kier alpha value is -2.63. The van der Waals surface area contributed by atoms with E-state index in [0.717, 1.165) is 22.7 Å². The van der Waals surface area contributed by atoms with Gasteiger partial charge in [-0.2, -0.15) is 5.10 Å². The minimum absolute atomic E-state index is 0.488. The average molecular weight is 284 g/mol. The topological polar surface area (TPSA) is 66.0 Å². The van der Waals surface area contributed by atoms with Gasteiger partial charge in [-0.25, -0.2) is 0 Å². The summed E-state index contributed by atoms with van der Waals surface area (Å²) in [4.78, 5) is 0. The van der Waals surface area contributed by atoms with Crippen molar-refractivity contribution in [3.63, 3.8) is 0 Å². The number of hydrogen-bond acceptors (Lipinski definition) is 5. The maximum atomic E-state index is 5.71. The summed E-state index contributed by atoms with van der Waals surface area (Å²) in [6.45, 7) is 1.93. The number of ether oxygens (including phenoxy) is 1. The van der Waals surface area contributed by atoms with Crippen LogP contribution in [-0.4, -0.2) is 27.1 Å². The van der Waals surface area contributed by atoms with Gasteiger partial charge in [0.1, 0.15) is 11.4 Å². The van der Waals surface area contributed by atoms with Crippen LogP contribution in [0.15, 0.2) is 34.7 Å². The van der Waals surface area contributed by atoms with Gasteiger partial charge in [-0.15, -0.1) is 10.2 Å². The van der Waals surface area contributed by atoms with E-state index < -0.39 is 0 Å². The van der Waals surface area contributed by atoms with Crippen molar-refractivity contribution in [3.8, 4) is 17.3 Å². The van der Waals surface area contributed by atoms with Gasteiger partial charge in [-0.3, -0.25) is 4.68 Å². The molecule has 3 rings (SSSR count). The lowest BCUT2D eigenvalue weighted by Gasteiger charge is -2.00. The fourth-order valence-corrected chi connectivity index (χ4v) is 2.16. The van der Waals surface area contributed by atoms with Gasteiger partial charge in [0.15, 0.2) is 0 Å². The van der Waals surface area contributed by atoms with Crippen LogP contribution in [-0.2, 0) is 13.5 Å². The Morgan fingerprint density at radius 3 is 2.57 bits per heavy atom. The third kappa shape index (κ3) is 2.79. The van der Waals surface area contributed by atoms with E-state index in [4.69, 9.17) is 9.15 Å². The summed E-state index contributed by atoms with van der Waals surface area (Å²) >= 11 is 0. The maximum absolute atomic E-state index is 5.71. The Kier molecular flexibility index (Phi) is 3.43. The van der Waals surface area contributed by atoms with E-state index in [1.54, 1.807) is 11.8 Å². The summed E-state index contributed by atoms with van der Waals surface area (Å²) in [5, 5.41) is 12.5. The fourth-order valence-electron chi connectivity index (χ4n) is 2.16. The molecule has 0 radical (unpaired) electrons. The second-order valence-corrected chi connectivity index (χ2v) is 4.82. The summed E-state index contributed by atoms with van der Waals surface area (Å²) in [5.74, 6) is 1.89. The normalized spacial score (nSPS) is 10.8. The summed E-state index contributed by atoms with van der Waals surface area (Å²) in [6.07, 6.45) is 0.591. The molecule has 2 aromatic heterocycles. The molecule has 0 aliphatic rings. The Labute approximate surface area is 122 Å². The lowest BCUT2D eigenvalue weighted by Crippen LogP contribution is -1.93. The van der Waals surface area contributed by atoms with Gasteiger partial charge in [-0.05, 0) is 30.7 Å². The highest BCUT2D eigenvalue weighted by Gasteiger charge is 2.13. The third-order valence-corrected chi connectivity index (χ3v) is 3.20. The smallest absolute Gasteiger partial charge is 0.265 e. The van der Waals surface area contributed by atoms with Gasteiger partial charge in [0.2, 0.25) is 5.89 Å². The zero-order chi connectivity index (χ0) is 14.8. The second-order valence-electron chi connectivity index (χ2n) is 4.82. The average Bonchev–Trinajstić information content (AvgIpc) is 3.06. The minimum atomic E-state index is 0.488.